The number of hydrogen-bond acceptors (Lipinski definition) is 4. The van der Waals surface area contributed by atoms with Crippen molar-refractivity contribution < 1.29 is 14.2 Å². The summed E-state index contributed by atoms with van der Waals surface area (Å²) in [7, 11) is 3.30. The lowest BCUT2D eigenvalue weighted by Gasteiger charge is -2.21. The fourth-order valence-electron chi connectivity index (χ4n) is 2.69. The molecule has 0 radical (unpaired) electrons. The molecule has 2 aromatic carbocycles. The monoisotopic (exact) mass is 354 g/mol. The van der Waals surface area contributed by atoms with Crippen LogP contribution in [0, 0.1) is 0 Å². The number of thioether (sulfide) groups is 1. The van der Waals surface area contributed by atoms with E-state index in [1.807, 2.05) is 42.7 Å². The van der Waals surface area contributed by atoms with Crippen molar-refractivity contribution in [1.82, 2.24) is 0 Å². The average Bonchev–Trinajstić information content (AvgIpc) is 2.69. The van der Waals surface area contributed by atoms with Gasteiger partial charge in [-0.2, -0.15) is 0 Å². The molecule has 1 aliphatic rings. The number of methoxy groups -OCH3 is 2. The highest BCUT2D eigenvalue weighted by atomic mass is 32.2. The van der Waals surface area contributed by atoms with Crippen molar-refractivity contribution in [2.45, 2.75) is 23.8 Å². The minimum Gasteiger partial charge on any atom is -0.494 e. The summed E-state index contributed by atoms with van der Waals surface area (Å²) in [5.41, 5.74) is 2.29. The van der Waals surface area contributed by atoms with E-state index in [9.17, 15) is 0 Å². The third kappa shape index (κ3) is 4.60. The SMILES string of the molecule is COc1ccc(C2=CO[C@H](/C=C/Sc3ccccc3)CC2)cc1OC. The zero-order valence-electron chi connectivity index (χ0n) is 14.5. The summed E-state index contributed by atoms with van der Waals surface area (Å²) in [5, 5.41) is 2.11. The second-order valence-electron chi connectivity index (χ2n) is 5.69. The van der Waals surface area contributed by atoms with Gasteiger partial charge in [-0.1, -0.05) is 36.0 Å². The van der Waals surface area contributed by atoms with Gasteiger partial charge in [-0.25, -0.2) is 0 Å². The first-order valence-electron chi connectivity index (χ1n) is 8.25. The molecule has 130 valence electrons. The second-order valence-corrected chi connectivity index (χ2v) is 6.66. The van der Waals surface area contributed by atoms with Gasteiger partial charge in [0.2, 0.25) is 0 Å². The van der Waals surface area contributed by atoms with Crippen LogP contribution in [0.1, 0.15) is 18.4 Å². The summed E-state index contributed by atoms with van der Waals surface area (Å²) in [4.78, 5) is 1.23. The van der Waals surface area contributed by atoms with Crippen molar-refractivity contribution in [1.29, 1.82) is 0 Å². The quantitative estimate of drug-likeness (QED) is 0.638. The van der Waals surface area contributed by atoms with Crippen molar-refractivity contribution in [2.75, 3.05) is 14.2 Å². The molecule has 0 saturated heterocycles. The topological polar surface area (TPSA) is 27.7 Å². The van der Waals surface area contributed by atoms with Crippen LogP contribution in [0.25, 0.3) is 5.57 Å². The predicted octanol–water partition coefficient (Wildman–Crippen LogP) is 5.53. The van der Waals surface area contributed by atoms with Crippen LogP contribution >= 0.6 is 11.8 Å². The Balaban J connectivity index is 1.60. The van der Waals surface area contributed by atoms with Crippen molar-refractivity contribution in [3.8, 4) is 11.5 Å². The molecule has 25 heavy (non-hydrogen) atoms. The maximum absolute atomic E-state index is 5.88. The molecule has 0 aliphatic carbocycles. The molecule has 0 saturated carbocycles. The van der Waals surface area contributed by atoms with E-state index >= 15 is 0 Å². The van der Waals surface area contributed by atoms with Crippen LogP contribution in [0.3, 0.4) is 0 Å². The molecule has 4 heteroatoms. The molecule has 1 aliphatic heterocycles. The lowest BCUT2D eigenvalue weighted by atomic mass is 9.98. The van der Waals surface area contributed by atoms with Gasteiger partial charge in [-0.15, -0.1) is 0 Å². The van der Waals surface area contributed by atoms with E-state index in [1.165, 1.54) is 10.5 Å². The van der Waals surface area contributed by atoms with Crippen LogP contribution in [-0.4, -0.2) is 20.3 Å². The van der Waals surface area contributed by atoms with Crippen LogP contribution in [0.2, 0.25) is 0 Å². The number of rotatable bonds is 6. The third-order valence-corrected chi connectivity index (χ3v) is 4.92. The minimum absolute atomic E-state index is 0.125. The largest absolute Gasteiger partial charge is 0.494 e. The van der Waals surface area contributed by atoms with Crippen molar-refractivity contribution >= 4 is 17.3 Å². The summed E-state index contributed by atoms with van der Waals surface area (Å²) in [6.07, 6.45) is 6.05. The van der Waals surface area contributed by atoms with Crippen molar-refractivity contribution in [2.24, 2.45) is 0 Å². The molecule has 0 fully saturated rings. The van der Waals surface area contributed by atoms with Crippen molar-refractivity contribution in [3.63, 3.8) is 0 Å². The standard InChI is InChI=1S/C21H22O3S/c1-22-20-11-9-16(14-21(20)23-2)17-8-10-18(24-15-17)12-13-25-19-6-4-3-5-7-19/h3-7,9,11-15,18H,8,10H2,1-2H3/b13-12+/t18-/m0/s1. The van der Waals surface area contributed by atoms with Gasteiger partial charge in [0.05, 0.1) is 20.5 Å². The van der Waals surface area contributed by atoms with E-state index in [4.69, 9.17) is 14.2 Å². The summed E-state index contributed by atoms with van der Waals surface area (Å²) in [6.45, 7) is 0. The summed E-state index contributed by atoms with van der Waals surface area (Å²) in [6, 6.07) is 16.3. The Kier molecular flexibility index (Phi) is 6.07. The van der Waals surface area contributed by atoms with Crippen LogP contribution in [0.4, 0.5) is 0 Å². The number of allylic oxidation sites excluding steroid dienone is 1. The van der Waals surface area contributed by atoms with Gasteiger partial charge in [0.15, 0.2) is 11.5 Å². The van der Waals surface area contributed by atoms with Gasteiger partial charge in [-0.05, 0) is 59.7 Å². The van der Waals surface area contributed by atoms with Crippen molar-refractivity contribution in [3.05, 3.63) is 71.8 Å². The van der Waals surface area contributed by atoms with Gasteiger partial charge in [0.25, 0.3) is 0 Å². The van der Waals surface area contributed by atoms with Crippen LogP contribution in [0.5, 0.6) is 11.5 Å². The molecule has 0 bridgehead atoms. The molecule has 0 amide bonds. The average molecular weight is 354 g/mol. The van der Waals surface area contributed by atoms with Crippen LogP contribution in [0.15, 0.2) is 71.2 Å². The second kappa shape index (κ2) is 8.67. The zero-order valence-corrected chi connectivity index (χ0v) is 15.3. The minimum atomic E-state index is 0.125. The predicted molar refractivity (Wildman–Crippen MR) is 103 cm³/mol. The molecule has 0 N–H and O–H groups in total. The molecule has 2 aromatic rings. The van der Waals surface area contributed by atoms with Crippen LogP contribution < -0.4 is 9.47 Å². The first kappa shape index (κ1) is 17.5. The Hall–Kier alpha value is -2.33. The Morgan fingerprint density at radius 2 is 1.84 bits per heavy atom. The Morgan fingerprint density at radius 3 is 2.52 bits per heavy atom. The van der Waals surface area contributed by atoms with E-state index in [0.29, 0.717) is 0 Å². The summed E-state index contributed by atoms with van der Waals surface area (Å²) in [5.74, 6) is 1.48. The molecule has 0 spiro atoms. The smallest absolute Gasteiger partial charge is 0.161 e. The first-order chi connectivity index (χ1) is 12.3. The Labute approximate surface area is 153 Å². The molecular formula is C21H22O3S. The number of benzene rings is 2. The van der Waals surface area contributed by atoms with Crippen LogP contribution in [-0.2, 0) is 4.74 Å². The summed E-state index contributed by atoms with van der Waals surface area (Å²) < 4.78 is 16.5. The maximum Gasteiger partial charge on any atom is 0.161 e. The summed E-state index contributed by atoms with van der Waals surface area (Å²) >= 11 is 1.71. The fourth-order valence-corrected chi connectivity index (χ4v) is 3.41. The lowest BCUT2D eigenvalue weighted by Crippen LogP contribution is -2.11. The van der Waals surface area contributed by atoms with Gasteiger partial charge >= 0.3 is 0 Å². The number of ether oxygens (including phenoxy) is 3. The molecule has 0 unspecified atom stereocenters. The normalized spacial score (nSPS) is 17.0. The van der Waals surface area contributed by atoms with Gasteiger partial charge < -0.3 is 14.2 Å². The maximum atomic E-state index is 5.88. The fraction of sp³-hybridized carbons (Fsp3) is 0.238. The van der Waals surface area contributed by atoms with Gasteiger partial charge in [0, 0.05) is 4.90 Å². The van der Waals surface area contributed by atoms with E-state index in [1.54, 1.807) is 26.0 Å². The highest BCUT2D eigenvalue weighted by molar-refractivity contribution is 8.02. The molecule has 1 atom stereocenters. The zero-order chi connectivity index (χ0) is 17.5. The van der Waals surface area contributed by atoms with E-state index in [2.05, 4.69) is 23.6 Å². The third-order valence-electron chi connectivity index (χ3n) is 4.08. The highest BCUT2D eigenvalue weighted by Gasteiger charge is 2.15. The molecule has 1 heterocycles. The Bertz CT molecular complexity index is 753. The van der Waals surface area contributed by atoms with E-state index < -0.39 is 0 Å². The number of hydrogen-bond donors (Lipinski definition) is 0. The lowest BCUT2D eigenvalue weighted by molar-refractivity contribution is 0.169. The molecule has 3 nitrogen and oxygen atoms in total. The molecular weight excluding hydrogens is 332 g/mol. The first-order valence-corrected chi connectivity index (χ1v) is 9.13. The van der Waals surface area contributed by atoms with Gasteiger partial charge in [0.1, 0.15) is 6.10 Å². The molecule has 0 aromatic heterocycles. The molecule has 3 rings (SSSR count). The van der Waals surface area contributed by atoms with E-state index in [0.717, 1.165) is 29.9 Å². The Morgan fingerprint density at radius 1 is 1.04 bits per heavy atom. The highest BCUT2D eigenvalue weighted by Crippen LogP contribution is 2.34. The van der Waals surface area contributed by atoms with Gasteiger partial charge in [-0.3, -0.25) is 0 Å². The van der Waals surface area contributed by atoms with E-state index in [-0.39, 0.29) is 6.10 Å².